The molecule has 2 nitrogen and oxygen atoms in total. The lowest BCUT2D eigenvalue weighted by Gasteiger charge is -2.25. The predicted octanol–water partition coefficient (Wildman–Crippen LogP) is 3.13. The van der Waals surface area contributed by atoms with Crippen LogP contribution in [-0.4, -0.2) is 19.6 Å². The summed E-state index contributed by atoms with van der Waals surface area (Å²) in [4.78, 5) is 2.66. The van der Waals surface area contributed by atoms with Gasteiger partial charge in [0.05, 0.1) is 0 Å². The number of nitrogens with zero attached hydrogens (tertiary/aromatic N) is 1. The number of para-hydroxylation sites is 1. The van der Waals surface area contributed by atoms with Crippen molar-refractivity contribution in [3.05, 3.63) is 29.3 Å². The summed E-state index contributed by atoms with van der Waals surface area (Å²) in [5.74, 6) is 0.938. The molecule has 0 unspecified atom stereocenters. The standard InChI is InChI=1S/C17H26N2/c18-11-4-9-15-7-3-8-16-10-12-19(17(15)16)13-14-5-1-2-6-14/h3,7-8,14H,1-2,4-6,9-13,18H2. The highest BCUT2D eigenvalue weighted by Gasteiger charge is 2.25. The molecule has 0 saturated heterocycles. The fraction of sp³-hybridized carbons (Fsp3) is 0.647. The third-order valence-corrected chi connectivity index (χ3v) is 4.77. The molecule has 19 heavy (non-hydrogen) atoms. The first-order valence-corrected chi connectivity index (χ1v) is 7.94. The van der Waals surface area contributed by atoms with Gasteiger partial charge in [-0.3, -0.25) is 0 Å². The summed E-state index contributed by atoms with van der Waals surface area (Å²) in [6, 6.07) is 6.85. The van der Waals surface area contributed by atoms with Crippen molar-refractivity contribution < 1.29 is 0 Å². The maximum absolute atomic E-state index is 5.67. The Hall–Kier alpha value is -1.02. The van der Waals surface area contributed by atoms with Gasteiger partial charge in [0.15, 0.2) is 0 Å². The van der Waals surface area contributed by atoms with Gasteiger partial charge >= 0.3 is 0 Å². The Kier molecular flexibility index (Phi) is 4.07. The topological polar surface area (TPSA) is 29.3 Å². The van der Waals surface area contributed by atoms with Crippen molar-refractivity contribution in [3.8, 4) is 0 Å². The van der Waals surface area contributed by atoms with Gasteiger partial charge in [-0.25, -0.2) is 0 Å². The van der Waals surface area contributed by atoms with E-state index >= 15 is 0 Å². The van der Waals surface area contributed by atoms with Crippen LogP contribution in [0.3, 0.4) is 0 Å². The molecule has 2 heteroatoms. The van der Waals surface area contributed by atoms with Crippen LogP contribution in [0.15, 0.2) is 18.2 Å². The molecule has 0 amide bonds. The third-order valence-electron chi connectivity index (χ3n) is 4.77. The van der Waals surface area contributed by atoms with Gasteiger partial charge in [0.2, 0.25) is 0 Å². The highest BCUT2D eigenvalue weighted by molar-refractivity contribution is 5.63. The third kappa shape index (κ3) is 2.79. The zero-order valence-electron chi connectivity index (χ0n) is 11.9. The van der Waals surface area contributed by atoms with E-state index in [1.54, 1.807) is 11.3 Å². The van der Waals surface area contributed by atoms with Crippen LogP contribution in [-0.2, 0) is 12.8 Å². The summed E-state index contributed by atoms with van der Waals surface area (Å²) >= 11 is 0. The first-order chi connectivity index (χ1) is 9.38. The van der Waals surface area contributed by atoms with E-state index in [2.05, 4.69) is 23.1 Å². The fourth-order valence-corrected chi connectivity index (χ4v) is 3.80. The van der Waals surface area contributed by atoms with E-state index in [1.165, 1.54) is 50.8 Å². The second-order valence-electron chi connectivity index (χ2n) is 6.16. The summed E-state index contributed by atoms with van der Waals surface area (Å²) in [6.07, 6.45) is 9.25. The van der Waals surface area contributed by atoms with Crippen LogP contribution < -0.4 is 10.6 Å². The molecule has 1 aromatic carbocycles. The van der Waals surface area contributed by atoms with Crippen molar-refractivity contribution in [2.45, 2.75) is 44.9 Å². The highest BCUT2D eigenvalue weighted by atomic mass is 15.2. The molecule has 2 aliphatic rings. The average Bonchev–Trinajstić information content (AvgIpc) is 3.07. The Morgan fingerprint density at radius 3 is 2.84 bits per heavy atom. The minimum atomic E-state index is 0.798. The molecule has 1 aliphatic carbocycles. The fourth-order valence-electron chi connectivity index (χ4n) is 3.80. The SMILES string of the molecule is NCCCc1cccc2c1N(CC1CCCC1)CC2. The van der Waals surface area contributed by atoms with Gasteiger partial charge in [-0.2, -0.15) is 0 Å². The lowest BCUT2D eigenvalue weighted by atomic mass is 10.0. The molecule has 1 aromatic rings. The molecule has 2 N–H and O–H groups in total. The molecule has 3 rings (SSSR count). The Bertz CT molecular complexity index is 421. The van der Waals surface area contributed by atoms with Crippen LogP contribution in [0.25, 0.3) is 0 Å². The van der Waals surface area contributed by atoms with Crippen LogP contribution in [0.4, 0.5) is 5.69 Å². The molecule has 0 aromatic heterocycles. The summed E-state index contributed by atoms with van der Waals surface area (Å²) in [6.45, 7) is 3.31. The molecule has 1 aliphatic heterocycles. The smallest absolute Gasteiger partial charge is 0.0432 e. The maximum atomic E-state index is 5.67. The molecule has 0 spiro atoms. The Morgan fingerprint density at radius 2 is 2.05 bits per heavy atom. The molecule has 104 valence electrons. The van der Waals surface area contributed by atoms with E-state index < -0.39 is 0 Å². The molecular formula is C17H26N2. The van der Waals surface area contributed by atoms with Crippen molar-refractivity contribution in [1.29, 1.82) is 0 Å². The maximum Gasteiger partial charge on any atom is 0.0432 e. The van der Waals surface area contributed by atoms with E-state index in [0.717, 1.165) is 25.3 Å². The molecular weight excluding hydrogens is 232 g/mol. The van der Waals surface area contributed by atoms with Crippen LogP contribution >= 0.6 is 0 Å². The molecule has 1 fully saturated rings. The van der Waals surface area contributed by atoms with Gasteiger partial charge in [-0.1, -0.05) is 31.0 Å². The second kappa shape index (κ2) is 5.96. The van der Waals surface area contributed by atoms with Crippen LogP contribution in [0.2, 0.25) is 0 Å². The Labute approximate surface area is 117 Å². The Morgan fingerprint density at radius 1 is 1.21 bits per heavy atom. The summed E-state index contributed by atoms with van der Waals surface area (Å²) in [7, 11) is 0. The van der Waals surface area contributed by atoms with E-state index in [0.29, 0.717) is 0 Å². The van der Waals surface area contributed by atoms with Gasteiger partial charge in [0.25, 0.3) is 0 Å². The molecule has 0 bridgehead atoms. The number of fused-ring (bicyclic) bond motifs is 1. The number of hydrogen-bond acceptors (Lipinski definition) is 2. The van der Waals surface area contributed by atoms with Crippen molar-refractivity contribution >= 4 is 5.69 Å². The number of rotatable bonds is 5. The van der Waals surface area contributed by atoms with Gasteiger partial charge in [-0.15, -0.1) is 0 Å². The lowest BCUT2D eigenvalue weighted by molar-refractivity contribution is 0.537. The van der Waals surface area contributed by atoms with E-state index in [1.807, 2.05) is 0 Å². The van der Waals surface area contributed by atoms with Gasteiger partial charge in [0.1, 0.15) is 0 Å². The minimum absolute atomic E-state index is 0.798. The predicted molar refractivity (Wildman–Crippen MR) is 81.7 cm³/mol. The quantitative estimate of drug-likeness (QED) is 0.879. The van der Waals surface area contributed by atoms with Crippen molar-refractivity contribution in [3.63, 3.8) is 0 Å². The van der Waals surface area contributed by atoms with Gasteiger partial charge < -0.3 is 10.6 Å². The van der Waals surface area contributed by atoms with E-state index in [4.69, 9.17) is 5.73 Å². The Balaban J connectivity index is 1.76. The lowest BCUT2D eigenvalue weighted by Crippen LogP contribution is -2.27. The zero-order chi connectivity index (χ0) is 13.1. The number of aryl methyl sites for hydroxylation is 1. The molecule has 0 radical (unpaired) electrons. The summed E-state index contributed by atoms with van der Waals surface area (Å²) in [5, 5.41) is 0. The number of benzene rings is 1. The minimum Gasteiger partial charge on any atom is -0.370 e. The van der Waals surface area contributed by atoms with Gasteiger partial charge in [0, 0.05) is 18.8 Å². The second-order valence-corrected chi connectivity index (χ2v) is 6.16. The highest BCUT2D eigenvalue weighted by Crippen LogP contribution is 2.35. The first kappa shape index (κ1) is 13.0. The number of hydrogen-bond donors (Lipinski definition) is 1. The van der Waals surface area contributed by atoms with Gasteiger partial charge in [-0.05, 0) is 55.7 Å². The van der Waals surface area contributed by atoms with Crippen LogP contribution in [0.1, 0.15) is 43.2 Å². The summed E-state index contributed by atoms with van der Waals surface area (Å²) in [5.41, 5.74) is 10.3. The average molecular weight is 258 g/mol. The van der Waals surface area contributed by atoms with Crippen LogP contribution in [0, 0.1) is 5.92 Å². The zero-order valence-corrected chi connectivity index (χ0v) is 11.9. The number of nitrogens with two attached hydrogens (primary N) is 1. The monoisotopic (exact) mass is 258 g/mol. The first-order valence-electron chi connectivity index (χ1n) is 7.94. The normalized spacial score (nSPS) is 19.1. The van der Waals surface area contributed by atoms with Crippen molar-refractivity contribution in [2.24, 2.45) is 11.7 Å². The molecule has 0 atom stereocenters. The number of anilines is 1. The summed E-state index contributed by atoms with van der Waals surface area (Å²) < 4.78 is 0. The van der Waals surface area contributed by atoms with Crippen LogP contribution in [0.5, 0.6) is 0 Å². The van der Waals surface area contributed by atoms with Crippen molar-refractivity contribution in [1.82, 2.24) is 0 Å². The largest absolute Gasteiger partial charge is 0.370 e. The van der Waals surface area contributed by atoms with E-state index in [-0.39, 0.29) is 0 Å². The molecule has 1 heterocycles. The molecule has 1 saturated carbocycles. The van der Waals surface area contributed by atoms with E-state index in [9.17, 15) is 0 Å². The van der Waals surface area contributed by atoms with Crippen molar-refractivity contribution in [2.75, 3.05) is 24.5 Å².